The lowest BCUT2D eigenvalue weighted by Gasteiger charge is -2.23. The summed E-state index contributed by atoms with van der Waals surface area (Å²) in [6.45, 7) is 1.92. The van der Waals surface area contributed by atoms with Crippen molar-refractivity contribution in [2.24, 2.45) is 0 Å². The lowest BCUT2D eigenvalue weighted by molar-refractivity contribution is 0.604. The van der Waals surface area contributed by atoms with Gasteiger partial charge in [-0.25, -0.2) is 23.7 Å². The highest BCUT2D eigenvalue weighted by Crippen LogP contribution is 2.29. The Morgan fingerprint density at radius 3 is 2.69 bits per heavy atom. The van der Waals surface area contributed by atoms with Crippen LogP contribution >= 0.6 is 0 Å². The van der Waals surface area contributed by atoms with Crippen molar-refractivity contribution in [2.45, 2.75) is 19.4 Å². The van der Waals surface area contributed by atoms with Crippen molar-refractivity contribution in [3.05, 3.63) is 88.9 Å². The highest BCUT2D eigenvalue weighted by atomic mass is 19.1. The zero-order valence-electron chi connectivity index (χ0n) is 17.0. The van der Waals surface area contributed by atoms with Gasteiger partial charge in [0.15, 0.2) is 11.5 Å². The molecule has 0 spiro atoms. The number of hydrogen-bond acceptors (Lipinski definition) is 5. The second-order valence-corrected chi connectivity index (χ2v) is 7.29. The van der Waals surface area contributed by atoms with E-state index in [0.717, 1.165) is 0 Å². The number of pyridine rings is 1. The minimum Gasteiger partial charge on any atom is -0.360 e. The Hall–Kier alpha value is -4.14. The van der Waals surface area contributed by atoms with Gasteiger partial charge < -0.3 is 10.3 Å². The molecule has 1 unspecified atom stereocenters. The van der Waals surface area contributed by atoms with Crippen LogP contribution in [0.4, 0.5) is 14.6 Å². The lowest BCUT2D eigenvalue weighted by Crippen LogP contribution is -2.27. The highest BCUT2D eigenvalue weighted by Gasteiger charge is 2.22. The average Bonchev–Trinajstić information content (AvgIpc) is 3.28. The van der Waals surface area contributed by atoms with Crippen molar-refractivity contribution in [3.63, 3.8) is 0 Å². The first-order valence-corrected chi connectivity index (χ1v) is 10.1. The molecule has 0 radical (unpaired) electrons. The molecule has 0 aliphatic heterocycles. The number of imidazole rings is 1. The third kappa shape index (κ3) is 3.18. The van der Waals surface area contributed by atoms with Crippen molar-refractivity contribution >= 4 is 27.8 Å². The third-order valence-corrected chi connectivity index (χ3v) is 5.41. The van der Waals surface area contributed by atoms with E-state index in [1.54, 1.807) is 24.3 Å². The molecule has 9 heteroatoms. The molecule has 7 nitrogen and oxygen atoms in total. The van der Waals surface area contributed by atoms with Crippen LogP contribution in [0.1, 0.15) is 25.1 Å². The van der Waals surface area contributed by atoms with E-state index < -0.39 is 23.2 Å². The number of benzene rings is 2. The molecule has 2 N–H and O–H groups in total. The number of hydrogen-bond donors (Lipinski definition) is 2. The molecule has 0 aliphatic carbocycles. The Kier molecular flexibility index (Phi) is 4.85. The average molecular weight is 432 g/mol. The predicted octanol–water partition coefficient (Wildman–Crippen LogP) is 4.50. The number of nitrogens with one attached hydrogen (secondary N) is 2. The first kappa shape index (κ1) is 19.8. The van der Waals surface area contributed by atoms with Crippen LogP contribution in [0.3, 0.4) is 0 Å². The van der Waals surface area contributed by atoms with Crippen LogP contribution in [0.25, 0.3) is 27.6 Å². The maximum absolute atomic E-state index is 14.8. The van der Waals surface area contributed by atoms with Crippen LogP contribution in [0.5, 0.6) is 0 Å². The molecule has 160 valence electrons. The fourth-order valence-corrected chi connectivity index (χ4v) is 3.90. The molecule has 0 fully saturated rings. The van der Waals surface area contributed by atoms with E-state index >= 15 is 0 Å². The fourth-order valence-electron chi connectivity index (χ4n) is 3.90. The normalized spacial score (nSPS) is 12.3. The zero-order valence-corrected chi connectivity index (χ0v) is 17.0. The number of aromatic amines is 1. The molecule has 5 aromatic rings. The standard InChI is InChI=1S/C23H18F2N6O/c1-2-16(30-22-20-21(27-11-26-20)28-12-29-22)18-10-13-6-5-8-15(25)19(13)23(32)31(18)17-9-4-3-7-14(17)24/h3-12,16H,2H2,1H3,(H2,26,27,28,29,30). The van der Waals surface area contributed by atoms with Crippen LogP contribution < -0.4 is 10.9 Å². The maximum atomic E-state index is 14.8. The Balaban J connectivity index is 1.76. The molecule has 2 aromatic carbocycles. The number of fused-ring (bicyclic) bond motifs is 2. The molecule has 0 aliphatic rings. The van der Waals surface area contributed by atoms with Crippen LogP contribution in [0.15, 0.2) is 66.0 Å². The van der Waals surface area contributed by atoms with Gasteiger partial charge in [0.1, 0.15) is 23.5 Å². The minimum absolute atomic E-state index is 0.0468. The van der Waals surface area contributed by atoms with Gasteiger partial charge in [-0.05, 0) is 36.1 Å². The van der Waals surface area contributed by atoms with Gasteiger partial charge in [0.25, 0.3) is 5.56 Å². The van der Waals surface area contributed by atoms with Crippen LogP contribution in [-0.4, -0.2) is 24.5 Å². The summed E-state index contributed by atoms with van der Waals surface area (Å²) < 4.78 is 30.6. The SMILES string of the molecule is CCC(Nc1ncnc2[nH]cnc12)c1cc2cccc(F)c2c(=O)n1-c1ccccc1F. The molecule has 3 heterocycles. The predicted molar refractivity (Wildman–Crippen MR) is 118 cm³/mol. The molecule has 0 saturated carbocycles. The Labute approximate surface area is 180 Å². The van der Waals surface area contributed by atoms with Gasteiger partial charge in [-0.3, -0.25) is 9.36 Å². The molecular weight excluding hydrogens is 414 g/mol. The Morgan fingerprint density at radius 1 is 1.06 bits per heavy atom. The largest absolute Gasteiger partial charge is 0.360 e. The summed E-state index contributed by atoms with van der Waals surface area (Å²) in [6, 6.07) is 11.6. The van der Waals surface area contributed by atoms with Crippen molar-refractivity contribution in [1.82, 2.24) is 24.5 Å². The van der Waals surface area contributed by atoms with E-state index in [2.05, 4.69) is 25.3 Å². The monoisotopic (exact) mass is 432 g/mol. The molecule has 32 heavy (non-hydrogen) atoms. The van der Waals surface area contributed by atoms with Crippen LogP contribution in [0, 0.1) is 11.6 Å². The molecule has 0 amide bonds. The first-order chi connectivity index (χ1) is 15.6. The summed E-state index contributed by atoms with van der Waals surface area (Å²) in [6.07, 6.45) is 3.44. The number of anilines is 1. The van der Waals surface area contributed by atoms with Crippen molar-refractivity contribution < 1.29 is 8.78 Å². The molecule has 0 saturated heterocycles. The summed E-state index contributed by atoms with van der Waals surface area (Å²) in [7, 11) is 0. The van der Waals surface area contributed by atoms with E-state index in [4.69, 9.17) is 0 Å². The first-order valence-electron chi connectivity index (χ1n) is 10.1. The molecular formula is C23H18F2N6O. The molecule has 0 bridgehead atoms. The Bertz CT molecular complexity index is 1510. The number of halogens is 2. The quantitative estimate of drug-likeness (QED) is 0.427. The fraction of sp³-hybridized carbons (Fsp3) is 0.130. The molecule has 3 aromatic heterocycles. The van der Waals surface area contributed by atoms with Gasteiger partial charge in [0, 0.05) is 5.69 Å². The smallest absolute Gasteiger partial charge is 0.266 e. The summed E-state index contributed by atoms with van der Waals surface area (Å²) in [5, 5.41) is 3.64. The lowest BCUT2D eigenvalue weighted by atomic mass is 10.0. The van der Waals surface area contributed by atoms with E-state index in [1.165, 1.54) is 41.5 Å². The van der Waals surface area contributed by atoms with E-state index in [9.17, 15) is 13.6 Å². The number of para-hydroxylation sites is 1. The second-order valence-electron chi connectivity index (χ2n) is 7.29. The maximum Gasteiger partial charge on any atom is 0.266 e. The van der Waals surface area contributed by atoms with Gasteiger partial charge in [-0.15, -0.1) is 0 Å². The van der Waals surface area contributed by atoms with E-state index in [0.29, 0.717) is 34.5 Å². The summed E-state index contributed by atoms with van der Waals surface area (Å²) in [5.74, 6) is -0.771. The Morgan fingerprint density at radius 2 is 1.88 bits per heavy atom. The van der Waals surface area contributed by atoms with Crippen LogP contribution in [0.2, 0.25) is 0 Å². The van der Waals surface area contributed by atoms with Gasteiger partial charge in [-0.2, -0.15) is 0 Å². The summed E-state index contributed by atoms with van der Waals surface area (Å²) in [4.78, 5) is 29.0. The van der Waals surface area contributed by atoms with Crippen molar-refractivity contribution in [2.75, 3.05) is 5.32 Å². The second kappa shape index (κ2) is 7.84. The number of aromatic nitrogens is 5. The molecule has 1 atom stereocenters. The minimum atomic E-state index is -0.654. The summed E-state index contributed by atoms with van der Waals surface area (Å²) >= 11 is 0. The summed E-state index contributed by atoms with van der Waals surface area (Å²) in [5.41, 5.74) is 0.990. The van der Waals surface area contributed by atoms with E-state index in [1.807, 2.05) is 6.92 Å². The van der Waals surface area contributed by atoms with Gasteiger partial charge in [-0.1, -0.05) is 31.2 Å². The number of rotatable bonds is 5. The van der Waals surface area contributed by atoms with Crippen molar-refractivity contribution in [3.8, 4) is 5.69 Å². The number of H-pyrrole nitrogens is 1. The van der Waals surface area contributed by atoms with Gasteiger partial charge in [0.2, 0.25) is 0 Å². The zero-order chi connectivity index (χ0) is 22.2. The third-order valence-electron chi connectivity index (χ3n) is 5.41. The van der Waals surface area contributed by atoms with Gasteiger partial charge in [0.05, 0.1) is 23.4 Å². The molecule has 5 rings (SSSR count). The highest BCUT2D eigenvalue weighted by molar-refractivity contribution is 5.84. The van der Waals surface area contributed by atoms with Crippen molar-refractivity contribution in [1.29, 1.82) is 0 Å². The van der Waals surface area contributed by atoms with Gasteiger partial charge >= 0.3 is 0 Å². The number of nitrogens with zero attached hydrogens (tertiary/aromatic N) is 4. The van der Waals surface area contributed by atoms with E-state index in [-0.39, 0.29) is 11.1 Å². The topological polar surface area (TPSA) is 88.5 Å². The van der Waals surface area contributed by atoms with Crippen LogP contribution in [-0.2, 0) is 0 Å².